The fourth-order valence-corrected chi connectivity index (χ4v) is 3.04. The van der Waals surface area contributed by atoms with Crippen LogP contribution in [-0.4, -0.2) is 29.7 Å². The summed E-state index contributed by atoms with van der Waals surface area (Å²) in [5.41, 5.74) is 0.809. The van der Waals surface area contributed by atoms with E-state index in [0.717, 1.165) is 27.5 Å². The molecule has 0 aliphatic carbocycles. The van der Waals surface area contributed by atoms with E-state index in [0.29, 0.717) is 0 Å². The van der Waals surface area contributed by atoms with Gasteiger partial charge in [0, 0.05) is 34.4 Å². The van der Waals surface area contributed by atoms with Crippen molar-refractivity contribution in [3.05, 3.63) is 35.2 Å². The summed E-state index contributed by atoms with van der Waals surface area (Å²) in [7, 11) is 1.83. The topological polar surface area (TPSA) is 20.3 Å². The molecule has 1 aromatic heterocycles. The van der Waals surface area contributed by atoms with Gasteiger partial charge in [-0.2, -0.15) is 0 Å². The quantitative estimate of drug-likeness (QED) is 0.796. The third-order valence-electron chi connectivity index (χ3n) is 2.48. The zero-order valence-corrected chi connectivity index (χ0v) is 11.3. The summed E-state index contributed by atoms with van der Waals surface area (Å²) in [6.45, 7) is 0.725. The van der Waals surface area contributed by atoms with Crippen molar-refractivity contribution in [2.24, 2.45) is 0 Å². The predicted octanol–water partition coefficient (Wildman–Crippen LogP) is 3.37. The van der Waals surface area contributed by atoms with E-state index in [1.165, 1.54) is 0 Å². The summed E-state index contributed by atoms with van der Waals surface area (Å²) in [4.78, 5) is 13.9. The number of amides is 1. The van der Waals surface area contributed by atoms with Crippen molar-refractivity contribution in [3.8, 4) is 0 Å². The number of benzene rings is 1. The van der Waals surface area contributed by atoms with Crippen molar-refractivity contribution in [2.45, 2.75) is 0 Å². The van der Waals surface area contributed by atoms with E-state index < -0.39 is 0 Å². The predicted molar refractivity (Wildman–Crippen MR) is 72.6 cm³/mol. The van der Waals surface area contributed by atoms with Gasteiger partial charge in [-0.25, -0.2) is 0 Å². The van der Waals surface area contributed by atoms with Crippen LogP contribution in [0.5, 0.6) is 0 Å². The van der Waals surface area contributed by atoms with Gasteiger partial charge in [0.25, 0.3) is 5.91 Å². The van der Waals surface area contributed by atoms with Gasteiger partial charge in [-0.05, 0) is 6.07 Å². The first kappa shape index (κ1) is 11.6. The van der Waals surface area contributed by atoms with Gasteiger partial charge in [0.15, 0.2) is 0 Å². The number of thiophene rings is 1. The van der Waals surface area contributed by atoms with E-state index in [2.05, 4.69) is 15.9 Å². The fraction of sp³-hybridized carbons (Fsp3) is 0.250. The van der Waals surface area contributed by atoms with E-state index in [1.54, 1.807) is 16.2 Å². The summed E-state index contributed by atoms with van der Waals surface area (Å²) in [6.07, 6.45) is 0. The molecule has 84 valence electrons. The third-order valence-corrected chi connectivity index (χ3v) is 3.80. The van der Waals surface area contributed by atoms with Crippen molar-refractivity contribution < 1.29 is 4.79 Å². The normalized spacial score (nSPS) is 10.6. The van der Waals surface area contributed by atoms with Gasteiger partial charge in [-0.3, -0.25) is 4.79 Å². The summed E-state index contributed by atoms with van der Waals surface area (Å²) >= 11 is 4.96. The van der Waals surface area contributed by atoms with Crippen LogP contribution in [0.1, 0.15) is 10.4 Å². The molecular weight excluding hydrogens is 286 g/mol. The summed E-state index contributed by atoms with van der Waals surface area (Å²) in [5.74, 6) is 0.0944. The lowest BCUT2D eigenvalue weighted by molar-refractivity contribution is 0.0806. The van der Waals surface area contributed by atoms with Crippen molar-refractivity contribution in [3.63, 3.8) is 0 Å². The second-order valence-corrected chi connectivity index (χ2v) is 5.27. The lowest BCUT2D eigenvalue weighted by Gasteiger charge is -2.14. The first-order chi connectivity index (χ1) is 7.74. The van der Waals surface area contributed by atoms with Crippen molar-refractivity contribution in [1.82, 2.24) is 4.90 Å². The smallest absolute Gasteiger partial charge is 0.255 e. The highest BCUT2D eigenvalue weighted by atomic mass is 79.9. The number of halogens is 1. The van der Waals surface area contributed by atoms with Crippen LogP contribution in [0.4, 0.5) is 0 Å². The maximum Gasteiger partial charge on any atom is 0.255 e. The maximum absolute atomic E-state index is 12.1. The SMILES string of the molecule is CN(CCBr)C(=O)c1csc2ccccc12. The van der Waals surface area contributed by atoms with Crippen molar-refractivity contribution in [2.75, 3.05) is 18.9 Å². The van der Waals surface area contributed by atoms with Gasteiger partial charge in [-0.15, -0.1) is 11.3 Å². The monoisotopic (exact) mass is 297 g/mol. The average Bonchev–Trinajstić information content (AvgIpc) is 2.72. The Balaban J connectivity index is 2.36. The number of nitrogens with zero attached hydrogens (tertiary/aromatic N) is 1. The van der Waals surface area contributed by atoms with Gasteiger partial charge in [0.05, 0.1) is 5.56 Å². The molecule has 0 fully saturated rings. The maximum atomic E-state index is 12.1. The molecule has 0 spiro atoms. The molecule has 1 amide bonds. The van der Waals surface area contributed by atoms with Crippen molar-refractivity contribution >= 4 is 43.3 Å². The number of carbonyl (C=O) groups excluding carboxylic acids is 1. The van der Waals surface area contributed by atoms with Gasteiger partial charge < -0.3 is 4.90 Å². The highest BCUT2D eigenvalue weighted by molar-refractivity contribution is 9.09. The summed E-state index contributed by atoms with van der Waals surface area (Å²) in [6, 6.07) is 8.01. The van der Waals surface area contributed by atoms with Crippen LogP contribution in [0.15, 0.2) is 29.6 Å². The molecule has 2 nitrogen and oxygen atoms in total. The molecule has 1 aromatic carbocycles. The minimum Gasteiger partial charge on any atom is -0.341 e. The molecule has 16 heavy (non-hydrogen) atoms. The third kappa shape index (κ3) is 2.13. The Morgan fingerprint density at radius 2 is 2.19 bits per heavy atom. The van der Waals surface area contributed by atoms with E-state index in [9.17, 15) is 4.79 Å². The van der Waals surface area contributed by atoms with Crippen LogP contribution in [-0.2, 0) is 0 Å². The Morgan fingerprint density at radius 3 is 2.94 bits per heavy atom. The van der Waals surface area contributed by atoms with Crippen LogP contribution in [0, 0.1) is 0 Å². The van der Waals surface area contributed by atoms with Crippen LogP contribution in [0.25, 0.3) is 10.1 Å². The molecule has 2 aromatic rings. The van der Waals surface area contributed by atoms with E-state index in [4.69, 9.17) is 0 Å². The number of carbonyl (C=O) groups is 1. The largest absolute Gasteiger partial charge is 0.341 e. The molecule has 0 bridgehead atoms. The molecule has 0 aliphatic heterocycles. The molecule has 1 heterocycles. The van der Waals surface area contributed by atoms with Crippen molar-refractivity contribution in [1.29, 1.82) is 0 Å². The highest BCUT2D eigenvalue weighted by Gasteiger charge is 2.15. The minimum atomic E-state index is 0.0944. The minimum absolute atomic E-state index is 0.0944. The van der Waals surface area contributed by atoms with E-state index >= 15 is 0 Å². The molecule has 0 saturated carbocycles. The molecular formula is C12H12BrNOS. The second-order valence-electron chi connectivity index (χ2n) is 3.56. The highest BCUT2D eigenvalue weighted by Crippen LogP contribution is 2.26. The Labute approximate surface area is 107 Å². The first-order valence-electron chi connectivity index (χ1n) is 5.01. The summed E-state index contributed by atoms with van der Waals surface area (Å²) in [5, 5.41) is 3.80. The number of hydrogen-bond donors (Lipinski definition) is 0. The standard InChI is InChI=1S/C12H12BrNOS/c1-14(7-6-13)12(15)10-8-16-11-5-3-2-4-9(10)11/h2-5,8H,6-7H2,1H3. The Bertz CT molecular complexity index is 508. The Kier molecular flexibility index (Phi) is 3.61. The van der Waals surface area contributed by atoms with E-state index in [1.807, 2.05) is 36.7 Å². The molecule has 4 heteroatoms. The zero-order chi connectivity index (χ0) is 11.5. The van der Waals surface area contributed by atoms with E-state index in [-0.39, 0.29) is 5.91 Å². The number of alkyl halides is 1. The molecule has 0 radical (unpaired) electrons. The van der Waals surface area contributed by atoms with Gasteiger partial charge in [0.1, 0.15) is 0 Å². The fourth-order valence-electron chi connectivity index (χ4n) is 1.58. The average molecular weight is 298 g/mol. The molecule has 2 rings (SSSR count). The molecule has 0 saturated heterocycles. The van der Waals surface area contributed by atoms with Crippen LogP contribution in [0.2, 0.25) is 0 Å². The first-order valence-corrected chi connectivity index (χ1v) is 7.02. The van der Waals surface area contributed by atoms with Gasteiger partial charge >= 0.3 is 0 Å². The number of fused-ring (bicyclic) bond motifs is 1. The van der Waals surface area contributed by atoms with Crippen LogP contribution >= 0.6 is 27.3 Å². The summed E-state index contributed by atoms with van der Waals surface area (Å²) < 4.78 is 1.16. The molecule has 0 N–H and O–H groups in total. The Hall–Kier alpha value is -0.870. The molecule has 0 atom stereocenters. The molecule has 0 unspecified atom stereocenters. The zero-order valence-electron chi connectivity index (χ0n) is 8.94. The van der Waals surface area contributed by atoms with Gasteiger partial charge in [0.2, 0.25) is 0 Å². The second kappa shape index (κ2) is 4.97. The lowest BCUT2D eigenvalue weighted by Crippen LogP contribution is -2.28. The van der Waals surface area contributed by atoms with Gasteiger partial charge in [-0.1, -0.05) is 34.1 Å². The molecule has 0 aliphatic rings. The van der Waals surface area contributed by atoms with Crippen LogP contribution < -0.4 is 0 Å². The Morgan fingerprint density at radius 1 is 1.44 bits per heavy atom. The lowest BCUT2D eigenvalue weighted by atomic mass is 10.1. The number of rotatable bonds is 3. The number of hydrogen-bond acceptors (Lipinski definition) is 2. The van der Waals surface area contributed by atoms with Crippen LogP contribution in [0.3, 0.4) is 0 Å².